The van der Waals surface area contributed by atoms with E-state index in [0.29, 0.717) is 11.4 Å². The molecule has 0 aliphatic carbocycles. The van der Waals surface area contributed by atoms with E-state index in [1.54, 1.807) is 18.4 Å². The molecular formula is C19H20N2OS. The van der Waals surface area contributed by atoms with Gasteiger partial charge in [0.25, 0.3) is 0 Å². The maximum absolute atomic E-state index is 5.98. The molecule has 1 aromatic heterocycles. The molecule has 0 unspecified atom stereocenters. The zero-order valence-electron chi connectivity index (χ0n) is 13.4. The minimum Gasteiger partial charge on any atom is -0.495 e. The summed E-state index contributed by atoms with van der Waals surface area (Å²) < 4.78 is 5.20. The van der Waals surface area contributed by atoms with Gasteiger partial charge in [-0.1, -0.05) is 37.6 Å². The van der Waals surface area contributed by atoms with Crippen LogP contribution >= 0.6 is 11.3 Å². The van der Waals surface area contributed by atoms with Crippen LogP contribution in [0.1, 0.15) is 18.9 Å². The molecule has 118 valence electrons. The first-order valence-corrected chi connectivity index (χ1v) is 8.58. The smallest absolute Gasteiger partial charge is 0.141 e. The SMILES string of the molecule is CCCc1ccc(-c2csc(-c3ccc(OC)c(N)c3)n2)cc1. The third kappa shape index (κ3) is 3.37. The van der Waals surface area contributed by atoms with Crippen LogP contribution in [0.5, 0.6) is 5.75 Å². The molecule has 4 heteroatoms. The van der Waals surface area contributed by atoms with Crippen LogP contribution in [0.2, 0.25) is 0 Å². The molecule has 0 radical (unpaired) electrons. The van der Waals surface area contributed by atoms with Gasteiger partial charge in [0.05, 0.1) is 18.5 Å². The average Bonchev–Trinajstić information content (AvgIpc) is 3.06. The van der Waals surface area contributed by atoms with Crippen LogP contribution in [0.3, 0.4) is 0 Å². The van der Waals surface area contributed by atoms with Crippen molar-refractivity contribution >= 4 is 17.0 Å². The number of thiazole rings is 1. The summed E-state index contributed by atoms with van der Waals surface area (Å²) in [4.78, 5) is 4.75. The Morgan fingerprint density at radius 2 is 1.83 bits per heavy atom. The number of nitrogens with two attached hydrogens (primary N) is 1. The highest BCUT2D eigenvalue weighted by Gasteiger charge is 2.09. The Labute approximate surface area is 140 Å². The fourth-order valence-corrected chi connectivity index (χ4v) is 3.36. The number of ether oxygens (including phenoxy) is 1. The lowest BCUT2D eigenvalue weighted by molar-refractivity contribution is 0.417. The lowest BCUT2D eigenvalue weighted by Gasteiger charge is -2.05. The van der Waals surface area contributed by atoms with Gasteiger partial charge in [0.1, 0.15) is 10.8 Å². The number of nitrogen functional groups attached to an aromatic ring is 1. The van der Waals surface area contributed by atoms with E-state index in [0.717, 1.165) is 28.2 Å². The first-order chi connectivity index (χ1) is 11.2. The van der Waals surface area contributed by atoms with Crippen molar-refractivity contribution in [2.75, 3.05) is 12.8 Å². The Hall–Kier alpha value is -2.33. The second-order valence-electron chi connectivity index (χ2n) is 5.44. The molecule has 0 amide bonds. The van der Waals surface area contributed by atoms with Crippen LogP contribution < -0.4 is 10.5 Å². The number of hydrogen-bond acceptors (Lipinski definition) is 4. The predicted octanol–water partition coefficient (Wildman–Crippen LogP) is 5.02. The minimum absolute atomic E-state index is 0.630. The molecule has 0 saturated carbocycles. The summed E-state index contributed by atoms with van der Waals surface area (Å²) in [6.45, 7) is 2.20. The van der Waals surface area contributed by atoms with E-state index in [-0.39, 0.29) is 0 Å². The maximum Gasteiger partial charge on any atom is 0.141 e. The number of benzene rings is 2. The number of anilines is 1. The predicted molar refractivity (Wildman–Crippen MR) is 97.9 cm³/mol. The second-order valence-corrected chi connectivity index (χ2v) is 6.30. The number of nitrogens with zero attached hydrogens (tertiary/aromatic N) is 1. The summed E-state index contributed by atoms with van der Waals surface area (Å²) in [5, 5.41) is 3.05. The van der Waals surface area contributed by atoms with Crippen molar-refractivity contribution in [3.63, 3.8) is 0 Å². The lowest BCUT2D eigenvalue weighted by atomic mass is 10.1. The van der Waals surface area contributed by atoms with Crippen LogP contribution in [-0.2, 0) is 6.42 Å². The van der Waals surface area contributed by atoms with Gasteiger partial charge in [-0.05, 0) is 30.2 Å². The standard InChI is InChI=1S/C19H20N2OS/c1-3-4-13-5-7-14(8-6-13)17-12-23-19(21-17)15-9-10-18(22-2)16(20)11-15/h5-12H,3-4,20H2,1-2H3. The molecule has 3 aromatic rings. The van der Waals surface area contributed by atoms with Gasteiger partial charge in [0.15, 0.2) is 0 Å². The van der Waals surface area contributed by atoms with Gasteiger partial charge in [-0.2, -0.15) is 0 Å². The molecule has 0 fully saturated rings. The second kappa shape index (κ2) is 6.84. The van der Waals surface area contributed by atoms with Crippen LogP contribution in [0.25, 0.3) is 21.8 Å². The van der Waals surface area contributed by atoms with Gasteiger partial charge in [0.2, 0.25) is 0 Å². The van der Waals surface area contributed by atoms with Crippen LogP contribution in [0, 0.1) is 0 Å². The molecule has 3 nitrogen and oxygen atoms in total. The minimum atomic E-state index is 0.630. The van der Waals surface area contributed by atoms with Crippen molar-refractivity contribution in [3.8, 4) is 27.6 Å². The van der Waals surface area contributed by atoms with E-state index in [1.165, 1.54) is 12.0 Å². The van der Waals surface area contributed by atoms with Crippen molar-refractivity contribution in [3.05, 3.63) is 53.4 Å². The molecule has 3 rings (SSSR count). The van der Waals surface area contributed by atoms with Gasteiger partial charge >= 0.3 is 0 Å². The molecule has 0 bridgehead atoms. The molecule has 0 spiro atoms. The van der Waals surface area contributed by atoms with Crippen molar-refractivity contribution in [2.24, 2.45) is 0 Å². The molecule has 0 atom stereocenters. The molecule has 1 heterocycles. The number of methoxy groups -OCH3 is 1. The van der Waals surface area contributed by atoms with Crippen molar-refractivity contribution in [1.29, 1.82) is 0 Å². The van der Waals surface area contributed by atoms with Gasteiger partial charge in [0, 0.05) is 16.5 Å². The van der Waals surface area contributed by atoms with Crippen LogP contribution in [-0.4, -0.2) is 12.1 Å². The lowest BCUT2D eigenvalue weighted by Crippen LogP contribution is -1.92. The van der Waals surface area contributed by atoms with Gasteiger partial charge in [-0.3, -0.25) is 0 Å². The number of hydrogen-bond donors (Lipinski definition) is 1. The Bertz CT molecular complexity index is 793. The third-order valence-corrected chi connectivity index (χ3v) is 4.66. The van der Waals surface area contributed by atoms with E-state index < -0.39 is 0 Å². The topological polar surface area (TPSA) is 48.1 Å². The fraction of sp³-hybridized carbons (Fsp3) is 0.211. The van der Waals surface area contributed by atoms with Crippen LogP contribution in [0.15, 0.2) is 47.8 Å². The highest BCUT2D eigenvalue weighted by Crippen LogP contribution is 2.32. The Kier molecular flexibility index (Phi) is 4.63. The summed E-state index contributed by atoms with van der Waals surface area (Å²) in [7, 11) is 1.62. The van der Waals surface area contributed by atoms with Gasteiger partial charge in [-0.15, -0.1) is 11.3 Å². The number of aryl methyl sites for hydroxylation is 1. The average molecular weight is 324 g/mol. The van der Waals surface area contributed by atoms with Crippen molar-refractivity contribution < 1.29 is 4.74 Å². The van der Waals surface area contributed by atoms with E-state index in [4.69, 9.17) is 15.5 Å². The zero-order valence-corrected chi connectivity index (χ0v) is 14.2. The maximum atomic E-state index is 5.98. The summed E-state index contributed by atoms with van der Waals surface area (Å²) in [6, 6.07) is 14.4. The Morgan fingerprint density at radius 1 is 1.09 bits per heavy atom. The first-order valence-electron chi connectivity index (χ1n) is 7.70. The summed E-state index contributed by atoms with van der Waals surface area (Å²) in [5.41, 5.74) is 11.1. The highest BCUT2D eigenvalue weighted by atomic mass is 32.1. The van der Waals surface area contributed by atoms with E-state index in [9.17, 15) is 0 Å². The first kappa shape index (κ1) is 15.6. The molecule has 2 aromatic carbocycles. The van der Waals surface area contributed by atoms with Crippen molar-refractivity contribution in [1.82, 2.24) is 4.98 Å². The zero-order chi connectivity index (χ0) is 16.2. The normalized spacial score (nSPS) is 10.7. The van der Waals surface area contributed by atoms with E-state index in [2.05, 4.69) is 36.6 Å². The monoisotopic (exact) mass is 324 g/mol. The summed E-state index contributed by atoms with van der Waals surface area (Å²) in [6.07, 6.45) is 2.28. The highest BCUT2D eigenvalue weighted by molar-refractivity contribution is 7.13. The van der Waals surface area contributed by atoms with Gasteiger partial charge in [-0.25, -0.2) is 4.98 Å². The fourth-order valence-electron chi connectivity index (χ4n) is 2.54. The molecular weight excluding hydrogens is 304 g/mol. The quantitative estimate of drug-likeness (QED) is 0.670. The molecule has 0 aliphatic heterocycles. The van der Waals surface area contributed by atoms with Gasteiger partial charge < -0.3 is 10.5 Å². The number of aromatic nitrogens is 1. The Morgan fingerprint density at radius 3 is 2.48 bits per heavy atom. The Balaban J connectivity index is 1.86. The number of rotatable bonds is 5. The molecule has 0 saturated heterocycles. The van der Waals surface area contributed by atoms with E-state index >= 15 is 0 Å². The van der Waals surface area contributed by atoms with Crippen LogP contribution in [0.4, 0.5) is 5.69 Å². The molecule has 0 aliphatic rings. The summed E-state index contributed by atoms with van der Waals surface area (Å²) in [5.74, 6) is 0.692. The molecule has 23 heavy (non-hydrogen) atoms. The largest absolute Gasteiger partial charge is 0.495 e. The van der Waals surface area contributed by atoms with E-state index in [1.807, 2.05) is 18.2 Å². The molecule has 2 N–H and O–H groups in total. The van der Waals surface area contributed by atoms with Crippen molar-refractivity contribution in [2.45, 2.75) is 19.8 Å². The third-order valence-electron chi connectivity index (χ3n) is 3.77. The summed E-state index contributed by atoms with van der Waals surface area (Å²) >= 11 is 1.63.